The Labute approximate surface area is 98.0 Å². The Bertz CT molecular complexity index is 420. The molecule has 1 aromatic rings. The number of hydrogen-bond acceptors (Lipinski definition) is 5. The number of nitrogens with one attached hydrogen (secondary N) is 2. The zero-order valence-electron chi connectivity index (χ0n) is 9.43. The van der Waals surface area contributed by atoms with E-state index in [-0.39, 0.29) is 0 Å². The molecule has 7 nitrogen and oxygen atoms in total. The molecule has 3 N–H and O–H groups in total. The lowest BCUT2D eigenvalue weighted by Gasteiger charge is -2.07. The molecule has 0 heterocycles. The van der Waals surface area contributed by atoms with E-state index in [1.807, 2.05) is 5.43 Å². The van der Waals surface area contributed by atoms with E-state index in [4.69, 9.17) is 14.7 Å². The molecule has 17 heavy (non-hydrogen) atoms. The van der Waals surface area contributed by atoms with Gasteiger partial charge in [0.1, 0.15) is 0 Å². The van der Waals surface area contributed by atoms with Gasteiger partial charge < -0.3 is 9.47 Å². The first kappa shape index (κ1) is 12.8. The molecule has 0 bridgehead atoms. The molecule has 1 aromatic carbocycles. The maximum Gasteiger partial charge on any atom is 0.358 e. The summed E-state index contributed by atoms with van der Waals surface area (Å²) in [7, 11) is 3.06. The first-order valence-electron chi connectivity index (χ1n) is 4.66. The number of benzene rings is 1. The van der Waals surface area contributed by atoms with Crippen LogP contribution in [0.25, 0.3) is 0 Å². The summed E-state index contributed by atoms with van der Waals surface area (Å²) < 4.78 is 10.2. The summed E-state index contributed by atoms with van der Waals surface area (Å²) in [6, 6.07) is 4.33. The van der Waals surface area contributed by atoms with Crippen molar-refractivity contribution in [2.45, 2.75) is 0 Å². The van der Waals surface area contributed by atoms with Gasteiger partial charge in [-0.25, -0.2) is 15.7 Å². The van der Waals surface area contributed by atoms with Crippen molar-refractivity contribution in [1.29, 1.82) is 0 Å². The van der Waals surface area contributed by atoms with Gasteiger partial charge in [-0.3, -0.25) is 5.21 Å². The highest BCUT2D eigenvalue weighted by Crippen LogP contribution is 2.26. The molecule has 0 spiro atoms. The van der Waals surface area contributed by atoms with Crippen LogP contribution in [0, 0.1) is 0 Å². The Morgan fingerprint density at radius 2 is 2.06 bits per heavy atom. The van der Waals surface area contributed by atoms with Crippen LogP contribution < -0.4 is 20.4 Å². The average Bonchev–Trinajstić information content (AvgIpc) is 2.38. The van der Waals surface area contributed by atoms with E-state index in [0.717, 1.165) is 0 Å². The van der Waals surface area contributed by atoms with Crippen LogP contribution in [0.5, 0.6) is 11.5 Å². The molecule has 0 aliphatic rings. The Morgan fingerprint density at radius 3 is 2.65 bits per heavy atom. The second-order valence-electron chi connectivity index (χ2n) is 2.93. The molecular formula is C10H13N3O4. The Balaban J connectivity index is 2.75. The molecule has 92 valence electrons. The van der Waals surface area contributed by atoms with Crippen molar-refractivity contribution in [3.63, 3.8) is 0 Å². The van der Waals surface area contributed by atoms with Gasteiger partial charge in [0, 0.05) is 0 Å². The summed E-state index contributed by atoms with van der Waals surface area (Å²) in [6.07, 6.45) is 1.40. The fourth-order valence-corrected chi connectivity index (χ4v) is 1.12. The molecule has 0 saturated carbocycles. The van der Waals surface area contributed by atoms with Crippen LogP contribution in [0.15, 0.2) is 23.3 Å². The predicted molar refractivity (Wildman–Crippen MR) is 60.6 cm³/mol. The normalized spacial score (nSPS) is 10.1. The number of hydrazone groups is 1. The van der Waals surface area contributed by atoms with Gasteiger partial charge in [0.05, 0.1) is 20.4 Å². The van der Waals surface area contributed by atoms with E-state index in [9.17, 15) is 4.79 Å². The lowest BCUT2D eigenvalue weighted by atomic mass is 10.2. The summed E-state index contributed by atoms with van der Waals surface area (Å²) in [6.45, 7) is 0. The van der Waals surface area contributed by atoms with Gasteiger partial charge in [0.2, 0.25) is 0 Å². The first-order valence-corrected chi connectivity index (χ1v) is 4.66. The van der Waals surface area contributed by atoms with E-state index in [1.54, 1.807) is 25.3 Å². The molecule has 0 saturated heterocycles. The highest BCUT2D eigenvalue weighted by molar-refractivity contribution is 5.82. The topological polar surface area (TPSA) is 92.2 Å². The molecule has 0 aromatic heterocycles. The highest BCUT2D eigenvalue weighted by Gasteiger charge is 2.02. The van der Waals surface area contributed by atoms with E-state index in [0.29, 0.717) is 17.1 Å². The number of ether oxygens (including phenoxy) is 2. The third-order valence-corrected chi connectivity index (χ3v) is 1.89. The fraction of sp³-hybridized carbons (Fsp3) is 0.200. The summed E-state index contributed by atoms with van der Waals surface area (Å²) >= 11 is 0. The molecule has 2 amide bonds. The van der Waals surface area contributed by atoms with Crippen molar-refractivity contribution in [3.05, 3.63) is 23.8 Å². The van der Waals surface area contributed by atoms with E-state index in [2.05, 4.69) is 5.10 Å². The molecule has 7 heteroatoms. The van der Waals surface area contributed by atoms with Crippen molar-refractivity contribution in [3.8, 4) is 11.5 Å². The van der Waals surface area contributed by atoms with Gasteiger partial charge >= 0.3 is 6.03 Å². The van der Waals surface area contributed by atoms with Crippen molar-refractivity contribution in [2.75, 3.05) is 14.2 Å². The molecule has 0 aliphatic carbocycles. The minimum absolute atomic E-state index is 0.558. The zero-order chi connectivity index (χ0) is 12.7. The third kappa shape index (κ3) is 3.65. The van der Waals surface area contributed by atoms with Gasteiger partial charge in [0.25, 0.3) is 0 Å². The van der Waals surface area contributed by atoms with Crippen molar-refractivity contribution in [1.82, 2.24) is 10.9 Å². The Kier molecular flexibility index (Phi) is 4.77. The first-order chi connectivity index (χ1) is 8.21. The van der Waals surface area contributed by atoms with Crippen LogP contribution in [0.3, 0.4) is 0 Å². The van der Waals surface area contributed by atoms with Crippen molar-refractivity contribution in [2.24, 2.45) is 5.10 Å². The van der Waals surface area contributed by atoms with Crippen molar-refractivity contribution < 1.29 is 19.5 Å². The second-order valence-corrected chi connectivity index (χ2v) is 2.93. The van der Waals surface area contributed by atoms with Crippen LogP contribution in [-0.2, 0) is 0 Å². The van der Waals surface area contributed by atoms with E-state index in [1.165, 1.54) is 18.8 Å². The van der Waals surface area contributed by atoms with Crippen LogP contribution in [0.2, 0.25) is 0 Å². The van der Waals surface area contributed by atoms with Crippen LogP contribution >= 0.6 is 0 Å². The smallest absolute Gasteiger partial charge is 0.358 e. The quantitative estimate of drug-likeness (QED) is 0.410. The monoisotopic (exact) mass is 239 g/mol. The number of urea groups is 1. The number of carbonyl (C=O) groups is 1. The minimum atomic E-state index is -0.818. The molecule has 0 atom stereocenters. The molecule has 0 fully saturated rings. The van der Waals surface area contributed by atoms with Gasteiger partial charge in [-0.05, 0) is 23.8 Å². The SMILES string of the molecule is COc1ccc(/C=N/NC(=O)NO)cc1OC. The molecule has 0 aliphatic heterocycles. The second kappa shape index (κ2) is 6.33. The van der Waals surface area contributed by atoms with E-state index >= 15 is 0 Å². The van der Waals surface area contributed by atoms with Gasteiger partial charge in [0.15, 0.2) is 11.5 Å². The van der Waals surface area contributed by atoms with E-state index < -0.39 is 6.03 Å². The third-order valence-electron chi connectivity index (χ3n) is 1.89. The number of nitrogens with zero attached hydrogens (tertiary/aromatic N) is 1. The molecular weight excluding hydrogens is 226 g/mol. The largest absolute Gasteiger partial charge is 0.493 e. The number of carbonyl (C=O) groups excluding carboxylic acids is 1. The fourth-order valence-electron chi connectivity index (χ4n) is 1.12. The van der Waals surface area contributed by atoms with Gasteiger partial charge in [-0.2, -0.15) is 5.10 Å². The van der Waals surface area contributed by atoms with Crippen molar-refractivity contribution >= 4 is 12.2 Å². The molecule has 0 radical (unpaired) electrons. The highest BCUT2D eigenvalue weighted by atomic mass is 16.5. The van der Waals surface area contributed by atoms with Crippen LogP contribution in [-0.4, -0.2) is 31.7 Å². The standard InChI is InChI=1S/C10H13N3O4/c1-16-8-4-3-7(5-9(8)17-2)6-11-12-10(14)13-15/h3-6,15H,1-2H3,(H2,12,13,14)/b11-6+. The number of amides is 2. The van der Waals surface area contributed by atoms with Gasteiger partial charge in [-0.15, -0.1) is 0 Å². The lowest BCUT2D eigenvalue weighted by Crippen LogP contribution is -2.29. The number of rotatable bonds is 4. The maximum absolute atomic E-state index is 10.6. The number of hydrogen-bond donors (Lipinski definition) is 3. The minimum Gasteiger partial charge on any atom is -0.493 e. The lowest BCUT2D eigenvalue weighted by molar-refractivity contribution is 0.162. The summed E-state index contributed by atoms with van der Waals surface area (Å²) in [5.41, 5.74) is 4.14. The van der Waals surface area contributed by atoms with Gasteiger partial charge in [-0.1, -0.05) is 0 Å². The summed E-state index contributed by atoms with van der Waals surface area (Å²) in [4.78, 5) is 10.6. The summed E-state index contributed by atoms with van der Waals surface area (Å²) in [5, 5.41) is 11.8. The summed E-state index contributed by atoms with van der Waals surface area (Å²) in [5.74, 6) is 1.16. The number of methoxy groups -OCH3 is 2. The molecule has 0 unspecified atom stereocenters. The Morgan fingerprint density at radius 1 is 1.35 bits per heavy atom. The Hall–Kier alpha value is -2.28. The number of hydroxylamine groups is 1. The van der Waals surface area contributed by atoms with Crippen LogP contribution in [0.1, 0.15) is 5.56 Å². The molecule has 1 rings (SSSR count). The maximum atomic E-state index is 10.6. The average molecular weight is 239 g/mol. The van der Waals surface area contributed by atoms with Crippen LogP contribution in [0.4, 0.5) is 4.79 Å². The zero-order valence-corrected chi connectivity index (χ0v) is 9.43. The predicted octanol–water partition coefficient (Wildman–Crippen LogP) is 0.726.